The first kappa shape index (κ1) is 16.1. The molecule has 1 saturated carbocycles. The molecule has 0 aromatic heterocycles. The Morgan fingerprint density at radius 3 is 2.46 bits per heavy atom. The normalized spacial score (nSPS) is 36.0. The van der Waals surface area contributed by atoms with Crippen LogP contribution in [0, 0.1) is 11.8 Å². The summed E-state index contributed by atoms with van der Waals surface area (Å²) >= 11 is 0. The maximum absolute atomic E-state index is 6.20. The van der Waals surface area contributed by atoms with Crippen molar-refractivity contribution in [3.8, 4) is 0 Å². The van der Waals surface area contributed by atoms with Gasteiger partial charge in [0.25, 0.3) is 0 Å². The second-order valence-corrected chi connectivity index (χ2v) is 8.85. The number of fused-ring (bicyclic) bond motifs is 2. The number of rotatable bonds is 1. The van der Waals surface area contributed by atoms with Gasteiger partial charge in [-0.15, -0.1) is 0 Å². The van der Waals surface area contributed by atoms with E-state index in [1.807, 2.05) is 0 Å². The van der Waals surface area contributed by atoms with Crippen LogP contribution >= 0.6 is 0 Å². The van der Waals surface area contributed by atoms with E-state index in [0.717, 1.165) is 0 Å². The monoisotopic (exact) mass is 323 g/mol. The van der Waals surface area contributed by atoms with E-state index in [1.165, 1.54) is 29.2 Å². The molecule has 0 amide bonds. The molecular formula is C22H29NO. The first-order valence-electron chi connectivity index (χ1n) is 9.21. The first-order valence-corrected chi connectivity index (χ1v) is 9.21. The highest BCUT2D eigenvalue weighted by molar-refractivity contribution is 5.83. The molecular weight excluding hydrogens is 294 g/mol. The van der Waals surface area contributed by atoms with Crippen LogP contribution in [0.1, 0.15) is 46.1 Å². The molecule has 2 aromatic rings. The number of nitrogens with zero attached hydrogens (tertiary/aromatic N) is 1. The Hall–Kier alpha value is -1.38. The lowest BCUT2D eigenvalue weighted by Gasteiger charge is -2.46. The Balaban J connectivity index is 1.74. The molecule has 0 unspecified atom stereocenters. The van der Waals surface area contributed by atoms with Gasteiger partial charge in [-0.25, -0.2) is 0 Å². The average molecular weight is 323 g/mol. The Labute approximate surface area is 145 Å². The summed E-state index contributed by atoms with van der Waals surface area (Å²) in [6.45, 7) is 9.37. The van der Waals surface area contributed by atoms with Crippen molar-refractivity contribution in [1.29, 1.82) is 0 Å². The fourth-order valence-electron chi connectivity index (χ4n) is 5.49. The van der Waals surface area contributed by atoms with Crippen molar-refractivity contribution >= 4 is 10.8 Å². The summed E-state index contributed by atoms with van der Waals surface area (Å²) < 4.78 is 0. The van der Waals surface area contributed by atoms with Gasteiger partial charge in [0.05, 0.1) is 5.60 Å². The molecule has 2 fully saturated rings. The minimum Gasteiger partial charge on any atom is -0.293 e. The lowest BCUT2D eigenvalue weighted by atomic mass is 9.59. The molecule has 0 N–H and O–H groups in total. The van der Waals surface area contributed by atoms with Gasteiger partial charge in [0.15, 0.2) is 0 Å². The minimum atomic E-state index is -0.0772. The lowest BCUT2D eigenvalue weighted by molar-refractivity contribution is -0.182. The van der Waals surface area contributed by atoms with E-state index in [-0.39, 0.29) is 11.0 Å². The van der Waals surface area contributed by atoms with Gasteiger partial charge >= 0.3 is 0 Å². The standard InChI is InChI=1S/C22H29NO/c1-15-13-22(4,14-19-20(15)23(5)24-21(19,2)3)18-11-10-16-8-6-7-9-17(16)12-18/h6-12,15,19-20H,13-14H2,1-5H3/t15-,19+,20+,22+/m0/s1. The zero-order valence-corrected chi connectivity index (χ0v) is 15.5. The molecule has 2 aliphatic rings. The Morgan fingerprint density at radius 2 is 1.71 bits per heavy atom. The summed E-state index contributed by atoms with van der Waals surface area (Å²) in [7, 11) is 2.11. The van der Waals surface area contributed by atoms with Crippen LogP contribution in [-0.2, 0) is 10.3 Å². The second-order valence-electron chi connectivity index (χ2n) is 8.85. The van der Waals surface area contributed by atoms with Gasteiger partial charge < -0.3 is 0 Å². The third-order valence-corrected chi connectivity index (χ3v) is 6.58. The SMILES string of the molecule is C[C@H]1C[C@@](C)(c2ccc3ccccc3c2)C[C@@H]2[C@@H]1N(C)OC2(C)C. The summed E-state index contributed by atoms with van der Waals surface area (Å²) in [5.74, 6) is 1.20. The molecule has 2 nitrogen and oxygen atoms in total. The topological polar surface area (TPSA) is 12.5 Å². The van der Waals surface area contributed by atoms with E-state index in [1.54, 1.807) is 0 Å². The quantitative estimate of drug-likeness (QED) is 0.718. The summed E-state index contributed by atoms with van der Waals surface area (Å²) in [6.07, 6.45) is 2.41. The van der Waals surface area contributed by atoms with Gasteiger partial charge in [-0.1, -0.05) is 56.3 Å². The third kappa shape index (κ3) is 2.39. The zero-order chi connectivity index (χ0) is 17.1. The van der Waals surface area contributed by atoms with Gasteiger partial charge in [-0.2, -0.15) is 5.06 Å². The maximum Gasteiger partial charge on any atom is 0.0887 e. The summed E-state index contributed by atoms with van der Waals surface area (Å²) in [5.41, 5.74) is 1.62. The molecule has 1 saturated heterocycles. The predicted molar refractivity (Wildman–Crippen MR) is 99.9 cm³/mol. The Bertz CT molecular complexity index is 767. The predicted octanol–water partition coefficient (Wildman–Crippen LogP) is 5.17. The van der Waals surface area contributed by atoms with Gasteiger partial charge in [0.1, 0.15) is 0 Å². The average Bonchev–Trinajstić information content (AvgIpc) is 2.76. The molecule has 1 aliphatic heterocycles. The van der Waals surface area contributed by atoms with Gasteiger partial charge in [-0.3, -0.25) is 4.84 Å². The summed E-state index contributed by atoms with van der Waals surface area (Å²) in [6, 6.07) is 16.3. The van der Waals surface area contributed by atoms with Crippen LogP contribution in [0.2, 0.25) is 0 Å². The van der Waals surface area contributed by atoms with Gasteiger partial charge in [-0.05, 0) is 54.4 Å². The van der Waals surface area contributed by atoms with Crippen molar-refractivity contribution in [2.24, 2.45) is 11.8 Å². The highest BCUT2D eigenvalue weighted by Gasteiger charge is 2.55. The molecule has 0 spiro atoms. The van der Waals surface area contributed by atoms with E-state index >= 15 is 0 Å². The third-order valence-electron chi connectivity index (χ3n) is 6.58. The van der Waals surface area contributed by atoms with Crippen LogP contribution < -0.4 is 0 Å². The van der Waals surface area contributed by atoms with E-state index < -0.39 is 0 Å². The first-order chi connectivity index (χ1) is 11.3. The van der Waals surface area contributed by atoms with Crippen molar-refractivity contribution in [3.63, 3.8) is 0 Å². The largest absolute Gasteiger partial charge is 0.293 e. The lowest BCUT2D eigenvalue weighted by Crippen LogP contribution is -2.48. The second kappa shape index (κ2) is 5.31. The van der Waals surface area contributed by atoms with Crippen LogP contribution in [0.3, 0.4) is 0 Å². The fraction of sp³-hybridized carbons (Fsp3) is 0.545. The van der Waals surface area contributed by atoms with Gasteiger partial charge in [0.2, 0.25) is 0 Å². The number of hydroxylamine groups is 2. The van der Waals surface area contributed by atoms with E-state index in [4.69, 9.17) is 4.84 Å². The molecule has 2 aromatic carbocycles. The minimum absolute atomic E-state index is 0.0772. The van der Waals surface area contributed by atoms with Crippen LogP contribution in [0.25, 0.3) is 10.8 Å². The molecule has 24 heavy (non-hydrogen) atoms. The zero-order valence-electron chi connectivity index (χ0n) is 15.5. The van der Waals surface area contributed by atoms with Crippen molar-refractivity contribution in [3.05, 3.63) is 48.0 Å². The van der Waals surface area contributed by atoms with Crippen LogP contribution in [0.15, 0.2) is 42.5 Å². The van der Waals surface area contributed by atoms with Crippen molar-refractivity contribution in [1.82, 2.24) is 5.06 Å². The highest BCUT2D eigenvalue weighted by Crippen LogP contribution is 2.53. The molecule has 128 valence electrons. The van der Waals surface area contributed by atoms with Crippen molar-refractivity contribution in [2.45, 2.75) is 57.6 Å². The fourth-order valence-corrected chi connectivity index (χ4v) is 5.49. The summed E-state index contributed by atoms with van der Waals surface area (Å²) in [4.78, 5) is 6.20. The number of hydrogen-bond acceptors (Lipinski definition) is 2. The Morgan fingerprint density at radius 1 is 1.00 bits per heavy atom. The smallest absolute Gasteiger partial charge is 0.0887 e. The maximum atomic E-state index is 6.20. The summed E-state index contributed by atoms with van der Waals surface area (Å²) in [5, 5.41) is 4.82. The molecule has 0 bridgehead atoms. The molecule has 1 aliphatic carbocycles. The highest BCUT2D eigenvalue weighted by atomic mass is 16.7. The molecule has 2 heteroatoms. The van der Waals surface area contributed by atoms with Crippen LogP contribution in [0.5, 0.6) is 0 Å². The Kier molecular flexibility index (Phi) is 3.56. The van der Waals surface area contributed by atoms with Crippen LogP contribution in [-0.4, -0.2) is 23.8 Å². The van der Waals surface area contributed by atoms with E-state index in [2.05, 4.69) is 82.3 Å². The van der Waals surface area contributed by atoms with Gasteiger partial charge in [0, 0.05) is 19.0 Å². The number of benzene rings is 2. The van der Waals surface area contributed by atoms with Crippen molar-refractivity contribution in [2.75, 3.05) is 7.05 Å². The molecule has 1 heterocycles. The molecule has 0 radical (unpaired) electrons. The van der Waals surface area contributed by atoms with E-state index in [9.17, 15) is 0 Å². The molecule has 4 rings (SSSR count). The van der Waals surface area contributed by atoms with E-state index in [0.29, 0.717) is 17.9 Å². The number of hydrogen-bond donors (Lipinski definition) is 0. The van der Waals surface area contributed by atoms with Crippen LogP contribution in [0.4, 0.5) is 0 Å². The molecule has 4 atom stereocenters. The van der Waals surface area contributed by atoms with Crippen molar-refractivity contribution < 1.29 is 4.84 Å².